The lowest BCUT2D eigenvalue weighted by molar-refractivity contribution is -0.117. The predicted octanol–water partition coefficient (Wildman–Crippen LogP) is 3.90. The first-order chi connectivity index (χ1) is 12.7. The molecule has 0 unspecified atom stereocenters. The van der Waals surface area contributed by atoms with Gasteiger partial charge in [0.15, 0.2) is 0 Å². The molecule has 1 atom stereocenters. The molecule has 0 N–H and O–H groups in total. The Kier molecular flexibility index (Phi) is 5.49. The third-order valence-electron chi connectivity index (χ3n) is 6.58. The fourth-order valence-corrected chi connectivity index (χ4v) is 5.11. The third kappa shape index (κ3) is 3.75. The van der Waals surface area contributed by atoms with Crippen molar-refractivity contribution in [2.45, 2.75) is 57.9 Å². The summed E-state index contributed by atoms with van der Waals surface area (Å²) in [5.74, 6) is 1.21. The molecule has 1 amide bonds. The highest BCUT2D eigenvalue weighted by molar-refractivity contribution is 5.95. The molecule has 3 fully saturated rings. The number of likely N-dealkylation sites (tertiary alicyclic amines) is 1. The van der Waals surface area contributed by atoms with Crippen molar-refractivity contribution in [2.75, 3.05) is 42.5 Å². The number of nitrogens with zero attached hydrogens (tertiary/aromatic N) is 3. The minimum atomic E-state index is 0.275. The van der Waals surface area contributed by atoms with E-state index in [1.165, 1.54) is 50.9 Å². The van der Waals surface area contributed by atoms with Crippen LogP contribution in [0.4, 0.5) is 11.4 Å². The highest BCUT2D eigenvalue weighted by Gasteiger charge is 2.30. The molecule has 1 aromatic carbocycles. The lowest BCUT2D eigenvalue weighted by atomic mass is 10.0. The van der Waals surface area contributed by atoms with Gasteiger partial charge in [0.05, 0.1) is 0 Å². The van der Waals surface area contributed by atoms with E-state index in [0.29, 0.717) is 6.42 Å². The second-order valence-corrected chi connectivity index (χ2v) is 8.33. The van der Waals surface area contributed by atoms with Gasteiger partial charge in [0, 0.05) is 50.0 Å². The highest BCUT2D eigenvalue weighted by Crippen LogP contribution is 2.30. The second kappa shape index (κ2) is 7.99. The van der Waals surface area contributed by atoms with Gasteiger partial charge in [0.25, 0.3) is 0 Å². The molecule has 4 nitrogen and oxygen atoms in total. The first-order valence-corrected chi connectivity index (χ1v) is 10.6. The second-order valence-electron chi connectivity index (χ2n) is 8.33. The van der Waals surface area contributed by atoms with Crippen molar-refractivity contribution in [1.82, 2.24) is 4.90 Å². The van der Waals surface area contributed by atoms with Gasteiger partial charge in [-0.25, -0.2) is 0 Å². The van der Waals surface area contributed by atoms with Crippen LogP contribution in [0, 0.1) is 5.92 Å². The number of piperidine rings is 1. The molecule has 3 saturated heterocycles. The summed E-state index contributed by atoms with van der Waals surface area (Å²) in [5, 5.41) is 0. The molecule has 142 valence electrons. The molecule has 26 heavy (non-hydrogen) atoms. The summed E-state index contributed by atoms with van der Waals surface area (Å²) >= 11 is 0. The van der Waals surface area contributed by atoms with Gasteiger partial charge in [-0.2, -0.15) is 0 Å². The maximum absolute atomic E-state index is 12.0. The van der Waals surface area contributed by atoms with E-state index in [1.807, 2.05) is 4.90 Å². The summed E-state index contributed by atoms with van der Waals surface area (Å²) in [7, 11) is 0. The molecule has 0 saturated carbocycles. The van der Waals surface area contributed by atoms with Crippen LogP contribution in [0.15, 0.2) is 24.3 Å². The van der Waals surface area contributed by atoms with Crippen LogP contribution in [0.3, 0.4) is 0 Å². The number of anilines is 2. The number of hydrogen-bond donors (Lipinski definition) is 0. The molecule has 3 aliphatic heterocycles. The number of hydrogen-bond acceptors (Lipinski definition) is 3. The molecule has 0 spiro atoms. The Bertz CT molecular complexity index is 624. The largest absolute Gasteiger partial charge is 0.371 e. The van der Waals surface area contributed by atoms with E-state index in [0.717, 1.165) is 43.7 Å². The summed E-state index contributed by atoms with van der Waals surface area (Å²) in [4.78, 5) is 19.3. The van der Waals surface area contributed by atoms with E-state index >= 15 is 0 Å². The van der Waals surface area contributed by atoms with Crippen molar-refractivity contribution in [3.05, 3.63) is 24.3 Å². The van der Waals surface area contributed by atoms with Crippen LogP contribution in [0.2, 0.25) is 0 Å². The van der Waals surface area contributed by atoms with Gasteiger partial charge in [-0.3, -0.25) is 9.69 Å². The molecule has 0 aromatic heterocycles. The van der Waals surface area contributed by atoms with Crippen molar-refractivity contribution in [3.63, 3.8) is 0 Å². The Balaban J connectivity index is 1.34. The maximum atomic E-state index is 12.0. The fraction of sp³-hybridized carbons (Fsp3) is 0.682. The highest BCUT2D eigenvalue weighted by atomic mass is 16.2. The quantitative estimate of drug-likeness (QED) is 0.801. The lowest BCUT2D eigenvalue weighted by Gasteiger charge is -2.38. The monoisotopic (exact) mass is 355 g/mol. The summed E-state index contributed by atoms with van der Waals surface area (Å²) in [5.41, 5.74) is 2.36. The lowest BCUT2D eigenvalue weighted by Crippen LogP contribution is -2.44. The minimum Gasteiger partial charge on any atom is -0.371 e. The molecule has 0 radical (unpaired) electrons. The number of benzene rings is 1. The van der Waals surface area contributed by atoms with E-state index in [9.17, 15) is 4.79 Å². The van der Waals surface area contributed by atoms with Crippen LogP contribution in [0.25, 0.3) is 0 Å². The van der Waals surface area contributed by atoms with Crippen LogP contribution >= 0.6 is 0 Å². The summed E-state index contributed by atoms with van der Waals surface area (Å²) < 4.78 is 0. The van der Waals surface area contributed by atoms with Crippen molar-refractivity contribution in [2.24, 2.45) is 5.92 Å². The fourth-order valence-electron chi connectivity index (χ4n) is 5.11. The topological polar surface area (TPSA) is 26.8 Å². The van der Waals surface area contributed by atoms with Crippen LogP contribution < -0.4 is 9.80 Å². The Morgan fingerprint density at radius 1 is 1.04 bits per heavy atom. The number of rotatable bonds is 5. The average Bonchev–Trinajstić information content (AvgIpc) is 3.31. The number of carbonyl (C=O) groups excluding carboxylic acids is 1. The molecule has 1 aromatic rings. The summed E-state index contributed by atoms with van der Waals surface area (Å²) in [6, 6.07) is 9.39. The Morgan fingerprint density at radius 3 is 2.58 bits per heavy atom. The third-order valence-corrected chi connectivity index (χ3v) is 6.58. The van der Waals surface area contributed by atoms with Crippen LogP contribution in [0.5, 0.6) is 0 Å². The molecule has 0 aliphatic carbocycles. The van der Waals surface area contributed by atoms with E-state index in [4.69, 9.17) is 0 Å². The van der Waals surface area contributed by atoms with Crippen molar-refractivity contribution >= 4 is 17.3 Å². The van der Waals surface area contributed by atoms with Gasteiger partial charge in [0.2, 0.25) is 5.91 Å². The van der Waals surface area contributed by atoms with E-state index in [-0.39, 0.29) is 5.91 Å². The van der Waals surface area contributed by atoms with Gasteiger partial charge in [0.1, 0.15) is 0 Å². The van der Waals surface area contributed by atoms with Gasteiger partial charge < -0.3 is 9.80 Å². The first kappa shape index (κ1) is 17.8. The Hall–Kier alpha value is -1.55. The van der Waals surface area contributed by atoms with Gasteiger partial charge in [-0.1, -0.05) is 19.4 Å². The van der Waals surface area contributed by atoms with E-state index < -0.39 is 0 Å². The smallest absolute Gasteiger partial charge is 0.227 e. The zero-order chi connectivity index (χ0) is 17.9. The normalized spacial score (nSPS) is 25.4. The number of carbonyl (C=O) groups is 1. The minimum absolute atomic E-state index is 0.275. The average molecular weight is 356 g/mol. The van der Waals surface area contributed by atoms with E-state index in [1.54, 1.807) is 0 Å². The molecular weight excluding hydrogens is 322 g/mol. The first-order valence-electron chi connectivity index (χ1n) is 10.6. The molecular formula is C22H33N3O. The molecule has 4 heteroatoms. The van der Waals surface area contributed by atoms with Crippen LogP contribution in [0.1, 0.15) is 51.9 Å². The Morgan fingerprint density at radius 2 is 1.85 bits per heavy atom. The zero-order valence-electron chi connectivity index (χ0n) is 16.2. The zero-order valence-corrected chi connectivity index (χ0v) is 16.2. The molecule has 4 rings (SSSR count). The number of amides is 1. The van der Waals surface area contributed by atoms with Gasteiger partial charge in [-0.15, -0.1) is 0 Å². The molecule has 3 heterocycles. The Labute approximate surface area is 158 Å². The maximum Gasteiger partial charge on any atom is 0.227 e. The van der Waals surface area contributed by atoms with E-state index in [2.05, 4.69) is 41.0 Å². The van der Waals surface area contributed by atoms with Gasteiger partial charge >= 0.3 is 0 Å². The van der Waals surface area contributed by atoms with Crippen LogP contribution in [-0.4, -0.2) is 49.6 Å². The summed E-state index contributed by atoms with van der Waals surface area (Å²) in [6.07, 6.45) is 8.36. The molecule has 0 bridgehead atoms. The molecule has 3 aliphatic rings. The standard InChI is InChI=1S/C22H33N3O/c1-2-5-18-9-13-24(17-18)19-10-14-23(15-11-19)20-6-3-7-21(16-20)25-12-4-8-22(25)26/h3,6-7,16,18-19H,2,4-5,8-15,17H2,1H3/t18-/m0/s1. The predicted molar refractivity (Wildman–Crippen MR) is 108 cm³/mol. The van der Waals surface area contributed by atoms with Crippen molar-refractivity contribution in [3.8, 4) is 0 Å². The van der Waals surface area contributed by atoms with Crippen LogP contribution in [-0.2, 0) is 4.79 Å². The van der Waals surface area contributed by atoms with Crippen molar-refractivity contribution in [1.29, 1.82) is 0 Å². The SMILES string of the molecule is CCC[C@H]1CCN(C2CCN(c3cccc(N4CCCC4=O)c3)CC2)C1. The van der Waals surface area contributed by atoms with Crippen molar-refractivity contribution < 1.29 is 4.79 Å². The summed E-state index contributed by atoms with van der Waals surface area (Å²) in [6.45, 7) is 8.09. The van der Waals surface area contributed by atoms with Gasteiger partial charge in [-0.05, 0) is 62.8 Å².